The van der Waals surface area contributed by atoms with Crippen LogP contribution in [0, 0.1) is 5.41 Å². The van der Waals surface area contributed by atoms with Gasteiger partial charge in [0.25, 0.3) is 0 Å². The Kier molecular flexibility index (Phi) is 3.72. The van der Waals surface area contributed by atoms with Crippen LogP contribution in [0.3, 0.4) is 0 Å². The number of Topliss-reactive ketones (excluding diaryl/α,β-unsaturated/α-hetero) is 1. The smallest absolute Gasteiger partial charge is 0.224 e. The molecule has 6 rings (SSSR count). The van der Waals surface area contributed by atoms with E-state index < -0.39 is 16.6 Å². The molecule has 2 aliphatic heterocycles. The Hall–Kier alpha value is -2.99. The lowest BCUT2D eigenvalue weighted by Crippen LogP contribution is -2.51. The van der Waals surface area contributed by atoms with E-state index in [4.69, 9.17) is 0 Å². The van der Waals surface area contributed by atoms with Gasteiger partial charge in [0.05, 0.1) is 11.5 Å². The molecular weight excluding hydrogens is 396 g/mol. The van der Waals surface area contributed by atoms with Gasteiger partial charge in [0.15, 0.2) is 17.2 Å². The molecule has 0 amide bonds. The van der Waals surface area contributed by atoms with Crippen LogP contribution in [0.4, 0.5) is 0 Å². The van der Waals surface area contributed by atoms with E-state index in [2.05, 4.69) is 47.5 Å². The van der Waals surface area contributed by atoms with Crippen molar-refractivity contribution in [3.05, 3.63) is 93.4 Å². The standard InChI is InChI=1S/C24H20N2O3S/c27-18-9-12-25-21(22(18)28)23(29)24(10-11-24)14-26(25)20-16-6-2-1-5-15(16)13-30-19-8-4-3-7-17(19)20/h1-9,12,20,28H,10-11,13-14H2. The summed E-state index contributed by atoms with van der Waals surface area (Å²) in [5.74, 6) is 0.325. The Bertz CT molecular complexity index is 1210. The molecule has 0 bridgehead atoms. The van der Waals surface area contributed by atoms with Crippen LogP contribution in [0.2, 0.25) is 0 Å². The lowest BCUT2D eigenvalue weighted by molar-refractivity contribution is 0.0856. The summed E-state index contributed by atoms with van der Waals surface area (Å²) in [5.41, 5.74) is 2.75. The summed E-state index contributed by atoms with van der Waals surface area (Å²) in [6.45, 7) is 0.569. The summed E-state index contributed by atoms with van der Waals surface area (Å²) in [5, 5.41) is 12.7. The van der Waals surface area contributed by atoms with Crippen molar-refractivity contribution in [1.29, 1.82) is 0 Å². The predicted molar refractivity (Wildman–Crippen MR) is 116 cm³/mol. The van der Waals surface area contributed by atoms with Crippen molar-refractivity contribution in [3.63, 3.8) is 0 Å². The summed E-state index contributed by atoms with van der Waals surface area (Å²) in [6.07, 6.45) is 3.21. The maximum absolute atomic E-state index is 13.2. The molecule has 6 heteroatoms. The first-order valence-corrected chi connectivity index (χ1v) is 11.1. The zero-order valence-electron chi connectivity index (χ0n) is 16.2. The number of aromatic hydroxyl groups is 1. The molecule has 1 fully saturated rings. The van der Waals surface area contributed by atoms with E-state index in [1.54, 1.807) is 10.9 Å². The third kappa shape index (κ3) is 2.43. The summed E-state index contributed by atoms with van der Waals surface area (Å²) >= 11 is 1.82. The van der Waals surface area contributed by atoms with Crippen LogP contribution in [0.1, 0.15) is 46.1 Å². The second-order valence-corrected chi connectivity index (χ2v) is 9.37. The summed E-state index contributed by atoms with van der Waals surface area (Å²) < 4.78 is 1.72. The SMILES string of the molecule is O=C1c2c(O)c(=O)ccn2N(C2c3ccccc3CSc3ccccc32)CC12CC2. The summed E-state index contributed by atoms with van der Waals surface area (Å²) in [6, 6.07) is 18.0. The quantitative estimate of drug-likeness (QED) is 0.653. The number of fused-ring (bicyclic) bond motifs is 3. The van der Waals surface area contributed by atoms with Crippen molar-refractivity contribution in [1.82, 2.24) is 4.68 Å². The van der Waals surface area contributed by atoms with E-state index in [1.807, 2.05) is 17.8 Å². The molecule has 3 aromatic rings. The van der Waals surface area contributed by atoms with Gasteiger partial charge in [-0.2, -0.15) is 0 Å². The summed E-state index contributed by atoms with van der Waals surface area (Å²) in [4.78, 5) is 26.6. The molecule has 0 radical (unpaired) electrons. The molecular formula is C24H20N2O3S. The second kappa shape index (κ2) is 6.25. The van der Waals surface area contributed by atoms with Gasteiger partial charge in [0, 0.05) is 29.5 Å². The lowest BCUT2D eigenvalue weighted by atomic mass is 9.90. The van der Waals surface area contributed by atoms with Gasteiger partial charge in [-0.15, -0.1) is 11.8 Å². The molecule has 0 saturated heterocycles. The van der Waals surface area contributed by atoms with Crippen molar-refractivity contribution in [3.8, 4) is 5.75 Å². The average molecular weight is 417 g/mol. The largest absolute Gasteiger partial charge is 0.503 e. The van der Waals surface area contributed by atoms with Gasteiger partial charge >= 0.3 is 0 Å². The number of carbonyl (C=O) groups is 1. The highest BCUT2D eigenvalue weighted by Gasteiger charge is 2.56. The van der Waals surface area contributed by atoms with E-state index in [0.717, 1.165) is 18.6 Å². The first-order valence-electron chi connectivity index (χ1n) is 10.1. The highest BCUT2D eigenvalue weighted by Crippen LogP contribution is 2.53. The topological polar surface area (TPSA) is 62.5 Å². The number of carbonyl (C=O) groups excluding carboxylic acids is 1. The maximum Gasteiger partial charge on any atom is 0.224 e. The van der Waals surface area contributed by atoms with Crippen LogP contribution in [-0.2, 0) is 5.75 Å². The number of nitrogens with zero attached hydrogens (tertiary/aromatic N) is 2. The first-order chi connectivity index (χ1) is 14.6. The second-order valence-electron chi connectivity index (χ2n) is 8.36. The third-order valence-corrected chi connectivity index (χ3v) is 7.73. The van der Waals surface area contributed by atoms with Crippen LogP contribution in [0.25, 0.3) is 0 Å². The molecule has 1 unspecified atom stereocenters. The van der Waals surface area contributed by atoms with Crippen molar-refractivity contribution in [2.75, 3.05) is 11.6 Å². The van der Waals surface area contributed by atoms with Crippen LogP contribution in [-0.4, -0.2) is 22.1 Å². The number of hydrogen-bond donors (Lipinski definition) is 1. The minimum absolute atomic E-state index is 0.112. The van der Waals surface area contributed by atoms with E-state index in [-0.39, 0.29) is 17.5 Å². The van der Waals surface area contributed by atoms with E-state index in [0.29, 0.717) is 6.54 Å². The van der Waals surface area contributed by atoms with Crippen molar-refractivity contribution >= 4 is 17.5 Å². The monoisotopic (exact) mass is 416 g/mol. The minimum Gasteiger partial charge on any atom is -0.503 e. The molecule has 3 aliphatic rings. The Morgan fingerprint density at radius 1 is 0.967 bits per heavy atom. The molecule has 5 nitrogen and oxygen atoms in total. The molecule has 1 aliphatic carbocycles. The maximum atomic E-state index is 13.2. The lowest BCUT2D eigenvalue weighted by Gasteiger charge is -2.43. The predicted octanol–water partition coefficient (Wildman–Crippen LogP) is 3.86. The zero-order valence-corrected chi connectivity index (χ0v) is 17.1. The van der Waals surface area contributed by atoms with Crippen LogP contribution in [0.15, 0.2) is 70.5 Å². The van der Waals surface area contributed by atoms with Crippen molar-refractivity contribution < 1.29 is 9.90 Å². The van der Waals surface area contributed by atoms with Gasteiger partial charge in [0.2, 0.25) is 5.43 Å². The van der Waals surface area contributed by atoms with Gasteiger partial charge < -0.3 is 5.11 Å². The number of ketones is 1. The Morgan fingerprint density at radius 3 is 2.50 bits per heavy atom. The number of aromatic nitrogens is 1. The molecule has 1 spiro atoms. The number of thioether (sulfide) groups is 1. The molecule has 150 valence electrons. The van der Waals surface area contributed by atoms with Crippen molar-refractivity contribution in [2.45, 2.75) is 29.5 Å². The van der Waals surface area contributed by atoms with Crippen LogP contribution >= 0.6 is 11.8 Å². The molecule has 1 N–H and O–H groups in total. The van der Waals surface area contributed by atoms with Gasteiger partial charge in [-0.1, -0.05) is 42.5 Å². The van der Waals surface area contributed by atoms with Gasteiger partial charge in [-0.05, 0) is 35.6 Å². The van der Waals surface area contributed by atoms with Crippen LogP contribution < -0.4 is 10.4 Å². The number of pyridine rings is 1. The fourth-order valence-electron chi connectivity index (χ4n) is 4.82. The summed E-state index contributed by atoms with van der Waals surface area (Å²) in [7, 11) is 0. The molecule has 30 heavy (non-hydrogen) atoms. The molecule has 3 heterocycles. The number of rotatable bonds is 1. The molecule has 1 saturated carbocycles. The normalized spacial score (nSPS) is 20.9. The first kappa shape index (κ1) is 17.8. The van der Waals surface area contributed by atoms with E-state index in [9.17, 15) is 14.7 Å². The van der Waals surface area contributed by atoms with E-state index in [1.165, 1.54) is 27.7 Å². The van der Waals surface area contributed by atoms with Crippen LogP contribution in [0.5, 0.6) is 5.75 Å². The highest BCUT2D eigenvalue weighted by atomic mass is 32.2. The number of hydrogen-bond acceptors (Lipinski definition) is 5. The minimum atomic E-state index is -0.510. The zero-order chi connectivity index (χ0) is 20.5. The van der Waals surface area contributed by atoms with Gasteiger partial charge in [0.1, 0.15) is 0 Å². The number of benzene rings is 2. The Labute approximate surface area is 177 Å². The average Bonchev–Trinajstić information content (AvgIpc) is 3.56. The molecule has 2 aromatic carbocycles. The fourth-order valence-corrected chi connectivity index (χ4v) is 5.91. The van der Waals surface area contributed by atoms with Crippen molar-refractivity contribution in [2.24, 2.45) is 5.41 Å². The van der Waals surface area contributed by atoms with E-state index >= 15 is 0 Å². The fraction of sp³-hybridized carbons (Fsp3) is 0.250. The molecule has 1 atom stereocenters. The van der Waals surface area contributed by atoms with Gasteiger partial charge in [-0.3, -0.25) is 19.3 Å². The van der Waals surface area contributed by atoms with Gasteiger partial charge in [-0.25, -0.2) is 0 Å². The Balaban J connectivity index is 1.63. The highest BCUT2D eigenvalue weighted by molar-refractivity contribution is 7.98. The Morgan fingerprint density at radius 2 is 1.70 bits per heavy atom. The molecule has 1 aromatic heterocycles. The third-order valence-electron chi connectivity index (χ3n) is 6.59.